The molecule has 96 valence electrons. The molecule has 1 aliphatic heterocycles. The van der Waals surface area contributed by atoms with Gasteiger partial charge in [0.05, 0.1) is 13.2 Å². The van der Waals surface area contributed by atoms with E-state index in [1.165, 1.54) is 10.6 Å². The summed E-state index contributed by atoms with van der Waals surface area (Å²) in [6, 6.07) is 1.54. The lowest BCUT2D eigenvalue weighted by atomic mass is 10.3. The Labute approximate surface area is 103 Å². The maximum Gasteiger partial charge on any atom is 0.274 e. The zero-order valence-corrected chi connectivity index (χ0v) is 10.2. The number of aromatic amines is 1. The highest BCUT2D eigenvalue weighted by molar-refractivity contribution is 5.39. The van der Waals surface area contributed by atoms with Crippen molar-refractivity contribution in [1.29, 1.82) is 0 Å². The Morgan fingerprint density at radius 3 is 2.89 bits per heavy atom. The maximum atomic E-state index is 11.9. The highest BCUT2D eigenvalue weighted by Gasteiger charge is 2.16. The Bertz CT molecular complexity index is 611. The monoisotopic (exact) mass is 249 g/mol. The molecule has 7 heteroatoms. The number of H-pyrrole nitrogens is 1. The summed E-state index contributed by atoms with van der Waals surface area (Å²) in [4.78, 5) is 22.6. The number of ether oxygens (including phenoxy) is 1. The third kappa shape index (κ3) is 1.86. The number of rotatable bonds is 2. The Balaban J connectivity index is 2.04. The Morgan fingerprint density at radius 2 is 2.17 bits per heavy atom. The molecule has 1 fully saturated rings. The van der Waals surface area contributed by atoms with Crippen LogP contribution >= 0.6 is 0 Å². The van der Waals surface area contributed by atoms with Gasteiger partial charge in [-0.2, -0.15) is 9.50 Å². The molecule has 0 unspecified atom stereocenters. The van der Waals surface area contributed by atoms with Crippen LogP contribution in [0.15, 0.2) is 10.9 Å². The van der Waals surface area contributed by atoms with Crippen LogP contribution in [0.1, 0.15) is 12.6 Å². The molecular formula is C11H15N5O2. The zero-order valence-electron chi connectivity index (χ0n) is 10.2. The van der Waals surface area contributed by atoms with E-state index in [-0.39, 0.29) is 5.56 Å². The van der Waals surface area contributed by atoms with Crippen molar-refractivity contribution in [1.82, 2.24) is 19.6 Å². The number of morpholine rings is 1. The van der Waals surface area contributed by atoms with Gasteiger partial charge in [-0.05, 0) is 6.42 Å². The van der Waals surface area contributed by atoms with Crippen molar-refractivity contribution in [3.8, 4) is 0 Å². The number of anilines is 1. The quantitative estimate of drug-likeness (QED) is 0.799. The molecular weight excluding hydrogens is 234 g/mol. The van der Waals surface area contributed by atoms with Crippen molar-refractivity contribution >= 4 is 11.7 Å². The van der Waals surface area contributed by atoms with Gasteiger partial charge < -0.3 is 9.64 Å². The van der Waals surface area contributed by atoms with Crippen molar-refractivity contribution in [2.75, 3.05) is 31.2 Å². The van der Waals surface area contributed by atoms with Gasteiger partial charge in [-0.1, -0.05) is 6.92 Å². The molecule has 0 aliphatic carbocycles. The van der Waals surface area contributed by atoms with E-state index < -0.39 is 0 Å². The van der Waals surface area contributed by atoms with Crippen LogP contribution in [0.4, 0.5) is 5.95 Å². The van der Waals surface area contributed by atoms with Crippen LogP contribution in [-0.2, 0) is 11.2 Å². The Morgan fingerprint density at radius 1 is 1.39 bits per heavy atom. The van der Waals surface area contributed by atoms with E-state index in [9.17, 15) is 4.79 Å². The van der Waals surface area contributed by atoms with Gasteiger partial charge in [0.15, 0.2) is 0 Å². The lowest BCUT2D eigenvalue weighted by Gasteiger charge is -2.25. The molecule has 0 aromatic carbocycles. The predicted molar refractivity (Wildman–Crippen MR) is 66.0 cm³/mol. The first kappa shape index (κ1) is 11.2. The summed E-state index contributed by atoms with van der Waals surface area (Å²) < 4.78 is 6.67. The lowest BCUT2D eigenvalue weighted by molar-refractivity contribution is 0.122. The van der Waals surface area contributed by atoms with Gasteiger partial charge >= 0.3 is 0 Å². The maximum absolute atomic E-state index is 11.9. The fourth-order valence-corrected chi connectivity index (χ4v) is 2.01. The number of aryl methyl sites for hydroxylation is 1. The first-order chi connectivity index (χ1) is 8.78. The molecule has 0 bridgehead atoms. The minimum absolute atomic E-state index is 0.121. The summed E-state index contributed by atoms with van der Waals surface area (Å²) in [7, 11) is 0. The number of fused-ring (bicyclic) bond motifs is 1. The van der Waals surface area contributed by atoms with Gasteiger partial charge in [-0.25, -0.2) is 4.98 Å². The third-order valence-electron chi connectivity index (χ3n) is 3.04. The summed E-state index contributed by atoms with van der Waals surface area (Å²) in [5.41, 5.74) is 0.642. The molecule has 1 aliphatic rings. The molecule has 0 radical (unpaired) electrons. The normalized spacial score (nSPS) is 16.4. The molecule has 3 rings (SSSR count). The highest BCUT2D eigenvalue weighted by Crippen LogP contribution is 2.10. The predicted octanol–water partition coefficient (Wildman–Crippen LogP) is -0.183. The van der Waals surface area contributed by atoms with E-state index in [0.29, 0.717) is 24.9 Å². The molecule has 0 atom stereocenters. The number of aromatic nitrogens is 4. The minimum Gasteiger partial charge on any atom is -0.378 e. The first-order valence-corrected chi connectivity index (χ1v) is 6.09. The Hall–Kier alpha value is -1.89. The molecule has 2 aromatic heterocycles. The SMILES string of the molecule is CCc1cc(=O)n2[nH]c(N3CCOCC3)nc2n1. The van der Waals surface area contributed by atoms with E-state index >= 15 is 0 Å². The number of nitrogens with zero attached hydrogens (tertiary/aromatic N) is 4. The molecule has 0 saturated carbocycles. The van der Waals surface area contributed by atoms with Gasteiger partial charge in [-0.3, -0.25) is 9.89 Å². The van der Waals surface area contributed by atoms with Crippen molar-refractivity contribution in [3.05, 3.63) is 22.1 Å². The first-order valence-electron chi connectivity index (χ1n) is 6.09. The van der Waals surface area contributed by atoms with Crippen molar-refractivity contribution in [2.24, 2.45) is 0 Å². The second kappa shape index (κ2) is 4.41. The van der Waals surface area contributed by atoms with Gasteiger partial charge in [0, 0.05) is 24.8 Å². The average Bonchev–Trinajstić information content (AvgIpc) is 2.84. The van der Waals surface area contributed by atoms with E-state index in [4.69, 9.17) is 4.74 Å². The minimum atomic E-state index is -0.121. The molecule has 7 nitrogen and oxygen atoms in total. The van der Waals surface area contributed by atoms with Crippen molar-refractivity contribution in [2.45, 2.75) is 13.3 Å². The van der Waals surface area contributed by atoms with E-state index in [1.807, 2.05) is 6.92 Å². The fourth-order valence-electron chi connectivity index (χ4n) is 2.01. The molecule has 0 spiro atoms. The number of hydrogen-bond donors (Lipinski definition) is 1. The third-order valence-corrected chi connectivity index (χ3v) is 3.04. The topological polar surface area (TPSA) is 75.5 Å². The van der Waals surface area contributed by atoms with E-state index in [1.54, 1.807) is 0 Å². The molecule has 1 N–H and O–H groups in total. The smallest absolute Gasteiger partial charge is 0.274 e. The summed E-state index contributed by atoms with van der Waals surface area (Å²) in [6.07, 6.45) is 0.728. The van der Waals surface area contributed by atoms with E-state index in [0.717, 1.165) is 25.2 Å². The summed E-state index contributed by atoms with van der Waals surface area (Å²) in [6.45, 7) is 4.87. The second-order valence-electron chi connectivity index (χ2n) is 4.22. The van der Waals surface area contributed by atoms with Crippen LogP contribution in [0.5, 0.6) is 0 Å². The van der Waals surface area contributed by atoms with Crippen LogP contribution < -0.4 is 10.5 Å². The van der Waals surface area contributed by atoms with Crippen LogP contribution in [0.3, 0.4) is 0 Å². The zero-order chi connectivity index (χ0) is 12.5. The summed E-state index contributed by atoms with van der Waals surface area (Å²) >= 11 is 0. The summed E-state index contributed by atoms with van der Waals surface area (Å²) in [5, 5.41) is 2.99. The van der Waals surface area contributed by atoms with Crippen molar-refractivity contribution < 1.29 is 4.74 Å². The van der Waals surface area contributed by atoms with Gasteiger partial charge in [0.2, 0.25) is 5.95 Å². The number of hydrogen-bond acceptors (Lipinski definition) is 5. The van der Waals surface area contributed by atoms with Crippen LogP contribution in [0, 0.1) is 0 Å². The van der Waals surface area contributed by atoms with E-state index in [2.05, 4.69) is 20.0 Å². The van der Waals surface area contributed by atoms with Crippen LogP contribution in [-0.4, -0.2) is 45.9 Å². The van der Waals surface area contributed by atoms with Gasteiger partial charge in [0.25, 0.3) is 11.3 Å². The van der Waals surface area contributed by atoms with Gasteiger partial charge in [0.1, 0.15) is 0 Å². The molecule has 2 aromatic rings. The molecule has 3 heterocycles. The fraction of sp³-hybridized carbons (Fsp3) is 0.545. The molecule has 0 amide bonds. The van der Waals surface area contributed by atoms with Crippen molar-refractivity contribution in [3.63, 3.8) is 0 Å². The lowest BCUT2D eigenvalue weighted by Crippen LogP contribution is -2.37. The average molecular weight is 249 g/mol. The van der Waals surface area contributed by atoms with Crippen LogP contribution in [0.25, 0.3) is 5.78 Å². The largest absolute Gasteiger partial charge is 0.378 e. The highest BCUT2D eigenvalue weighted by atomic mass is 16.5. The second-order valence-corrected chi connectivity index (χ2v) is 4.22. The van der Waals surface area contributed by atoms with Crippen LogP contribution in [0.2, 0.25) is 0 Å². The standard InChI is InChI=1S/C11H15N5O2/c1-2-8-7-9(17)16-10(12-8)13-11(14-16)15-3-5-18-6-4-15/h7H,2-6H2,1H3,(H,12,13,14). The Kier molecular flexibility index (Phi) is 2.75. The summed E-state index contributed by atoms with van der Waals surface area (Å²) in [5.74, 6) is 1.11. The molecule has 1 saturated heterocycles. The number of nitrogens with one attached hydrogen (secondary N) is 1. The van der Waals surface area contributed by atoms with Gasteiger partial charge in [-0.15, -0.1) is 0 Å². The molecule has 18 heavy (non-hydrogen) atoms.